The van der Waals surface area contributed by atoms with E-state index in [1.54, 1.807) is 18.2 Å². The van der Waals surface area contributed by atoms with Crippen LogP contribution in [0.25, 0.3) is 22.4 Å². The number of aromatic carboxylic acids is 1. The van der Waals surface area contributed by atoms with Crippen molar-refractivity contribution >= 4 is 40.2 Å². The highest BCUT2D eigenvalue weighted by Crippen LogP contribution is 2.36. The Labute approximate surface area is 207 Å². The zero-order chi connectivity index (χ0) is 23.7. The maximum Gasteiger partial charge on any atom is 0.335 e. The second-order valence-corrected chi connectivity index (χ2v) is 9.57. The predicted molar refractivity (Wildman–Crippen MR) is 135 cm³/mol. The highest BCUT2D eigenvalue weighted by atomic mass is 35.5. The molecular weight excluding hydrogens is 471 g/mol. The summed E-state index contributed by atoms with van der Waals surface area (Å²) in [7, 11) is 0. The Balaban J connectivity index is 1.45. The van der Waals surface area contributed by atoms with Crippen molar-refractivity contribution in [1.29, 1.82) is 0 Å². The molecule has 1 fully saturated rings. The van der Waals surface area contributed by atoms with Crippen molar-refractivity contribution in [3.63, 3.8) is 0 Å². The Morgan fingerprint density at radius 3 is 2.35 bits per heavy atom. The van der Waals surface area contributed by atoms with Gasteiger partial charge in [-0.15, -0.1) is 0 Å². The van der Waals surface area contributed by atoms with E-state index in [0.717, 1.165) is 41.1 Å². The molecule has 5 rings (SSSR count). The Hall–Kier alpha value is -3.02. The first-order valence-corrected chi connectivity index (χ1v) is 12.2. The molecule has 1 aromatic heterocycles. The molecule has 0 amide bonds. The minimum atomic E-state index is -0.946. The molecule has 1 saturated carbocycles. The number of hydrogen-bond donors (Lipinski definition) is 1. The lowest BCUT2D eigenvalue weighted by atomic mass is 9.95. The number of halogens is 2. The highest BCUT2D eigenvalue weighted by Gasteiger charge is 2.23. The van der Waals surface area contributed by atoms with Gasteiger partial charge in [-0.25, -0.2) is 9.78 Å². The van der Waals surface area contributed by atoms with Crippen molar-refractivity contribution in [1.82, 2.24) is 9.55 Å². The van der Waals surface area contributed by atoms with Gasteiger partial charge >= 0.3 is 5.97 Å². The smallest absolute Gasteiger partial charge is 0.335 e. The number of rotatable bonds is 6. The van der Waals surface area contributed by atoms with Crippen LogP contribution in [0.3, 0.4) is 0 Å². The second kappa shape index (κ2) is 9.69. The van der Waals surface area contributed by atoms with Crippen LogP contribution < -0.4 is 4.74 Å². The van der Waals surface area contributed by atoms with Gasteiger partial charge in [-0.2, -0.15) is 0 Å². The molecule has 34 heavy (non-hydrogen) atoms. The van der Waals surface area contributed by atoms with Gasteiger partial charge in [-0.3, -0.25) is 0 Å². The molecule has 0 atom stereocenters. The van der Waals surface area contributed by atoms with Crippen molar-refractivity contribution in [3.05, 3.63) is 81.8 Å². The third-order valence-electron chi connectivity index (χ3n) is 6.32. The van der Waals surface area contributed by atoms with Gasteiger partial charge in [0.1, 0.15) is 18.2 Å². The standard InChI is InChI=1S/C27H24Cl2N2O3/c28-20-12-17(13-21(29)15-20)16-34-23-9-6-18(7-10-23)26-30-24-14-19(27(32)33)8-11-25(24)31(26)22-4-2-1-3-5-22/h6-15,22H,1-5,16H2,(H,32,33). The van der Waals surface area contributed by atoms with Crippen LogP contribution in [-0.4, -0.2) is 20.6 Å². The van der Waals surface area contributed by atoms with E-state index in [1.807, 2.05) is 42.5 Å². The van der Waals surface area contributed by atoms with Crippen LogP contribution >= 0.6 is 23.2 Å². The molecular formula is C27H24Cl2N2O3. The molecule has 3 aromatic carbocycles. The van der Waals surface area contributed by atoms with E-state index < -0.39 is 5.97 Å². The predicted octanol–water partition coefficient (Wildman–Crippen LogP) is 7.79. The Morgan fingerprint density at radius 2 is 1.68 bits per heavy atom. The molecule has 0 aliphatic heterocycles. The molecule has 5 nitrogen and oxygen atoms in total. The monoisotopic (exact) mass is 494 g/mol. The van der Waals surface area contributed by atoms with Crippen molar-refractivity contribution < 1.29 is 14.6 Å². The summed E-state index contributed by atoms with van der Waals surface area (Å²) in [5.74, 6) is 0.643. The zero-order valence-corrected chi connectivity index (χ0v) is 20.0. The van der Waals surface area contributed by atoms with Gasteiger partial charge in [-0.1, -0.05) is 42.5 Å². The molecule has 174 valence electrons. The van der Waals surface area contributed by atoms with Gasteiger partial charge in [0.15, 0.2) is 0 Å². The van der Waals surface area contributed by atoms with Gasteiger partial charge in [0.2, 0.25) is 0 Å². The molecule has 0 unspecified atom stereocenters. The van der Waals surface area contributed by atoms with Crippen LogP contribution in [0, 0.1) is 0 Å². The van der Waals surface area contributed by atoms with E-state index in [1.165, 1.54) is 19.3 Å². The number of aromatic nitrogens is 2. The topological polar surface area (TPSA) is 64.3 Å². The van der Waals surface area contributed by atoms with Crippen molar-refractivity contribution in [3.8, 4) is 17.1 Å². The first-order chi connectivity index (χ1) is 16.5. The molecule has 1 aliphatic rings. The number of nitrogens with zero attached hydrogens (tertiary/aromatic N) is 2. The molecule has 0 saturated heterocycles. The average molecular weight is 495 g/mol. The number of fused-ring (bicyclic) bond motifs is 1. The van der Waals surface area contributed by atoms with E-state index >= 15 is 0 Å². The summed E-state index contributed by atoms with van der Waals surface area (Å²) in [6, 6.07) is 18.8. The number of ether oxygens (including phenoxy) is 1. The maximum absolute atomic E-state index is 11.5. The molecule has 7 heteroatoms. The van der Waals surface area contributed by atoms with Crippen molar-refractivity contribution in [2.24, 2.45) is 0 Å². The van der Waals surface area contributed by atoms with Crippen LogP contribution in [0.15, 0.2) is 60.7 Å². The fourth-order valence-corrected chi connectivity index (χ4v) is 5.28. The Kier molecular flexibility index (Phi) is 6.48. The normalized spacial score (nSPS) is 14.4. The highest BCUT2D eigenvalue weighted by molar-refractivity contribution is 6.34. The lowest BCUT2D eigenvalue weighted by Gasteiger charge is -2.25. The maximum atomic E-state index is 11.5. The summed E-state index contributed by atoms with van der Waals surface area (Å²) in [4.78, 5) is 16.4. The zero-order valence-electron chi connectivity index (χ0n) is 18.5. The first-order valence-electron chi connectivity index (χ1n) is 11.4. The lowest BCUT2D eigenvalue weighted by Crippen LogP contribution is -2.14. The molecule has 0 bridgehead atoms. The SMILES string of the molecule is O=C(O)c1ccc2c(c1)nc(-c1ccc(OCc3cc(Cl)cc(Cl)c3)cc1)n2C1CCCCC1. The van der Waals surface area contributed by atoms with Crippen molar-refractivity contribution in [2.45, 2.75) is 44.8 Å². The van der Waals surface area contributed by atoms with Crippen LogP contribution in [0.5, 0.6) is 5.75 Å². The van der Waals surface area contributed by atoms with Gasteiger partial charge in [-0.05, 0) is 79.1 Å². The number of benzene rings is 3. The van der Waals surface area contributed by atoms with E-state index in [-0.39, 0.29) is 5.56 Å². The van der Waals surface area contributed by atoms with Gasteiger partial charge in [0.05, 0.1) is 16.6 Å². The molecule has 0 radical (unpaired) electrons. The van der Waals surface area contributed by atoms with E-state index in [2.05, 4.69) is 4.57 Å². The van der Waals surface area contributed by atoms with Crippen LogP contribution in [0.4, 0.5) is 0 Å². The summed E-state index contributed by atoms with van der Waals surface area (Å²) in [6.07, 6.45) is 5.84. The summed E-state index contributed by atoms with van der Waals surface area (Å²) in [5, 5.41) is 10.6. The number of hydrogen-bond acceptors (Lipinski definition) is 3. The third-order valence-corrected chi connectivity index (χ3v) is 6.75. The van der Waals surface area contributed by atoms with E-state index in [0.29, 0.717) is 28.2 Å². The summed E-state index contributed by atoms with van der Waals surface area (Å²) < 4.78 is 8.23. The van der Waals surface area contributed by atoms with Crippen LogP contribution in [0.1, 0.15) is 54.1 Å². The van der Waals surface area contributed by atoms with E-state index in [4.69, 9.17) is 32.9 Å². The number of carbonyl (C=O) groups is 1. The largest absolute Gasteiger partial charge is 0.489 e. The fourth-order valence-electron chi connectivity index (χ4n) is 4.71. The van der Waals surface area contributed by atoms with Gasteiger partial charge in [0, 0.05) is 21.7 Å². The van der Waals surface area contributed by atoms with E-state index in [9.17, 15) is 9.90 Å². The molecule has 0 spiro atoms. The van der Waals surface area contributed by atoms with Gasteiger partial charge < -0.3 is 14.4 Å². The summed E-state index contributed by atoms with van der Waals surface area (Å²) in [5.41, 5.74) is 3.80. The molecule has 4 aromatic rings. The van der Waals surface area contributed by atoms with Crippen LogP contribution in [0.2, 0.25) is 10.0 Å². The minimum Gasteiger partial charge on any atom is -0.489 e. The molecule has 1 N–H and O–H groups in total. The molecule has 1 aliphatic carbocycles. The first kappa shape index (κ1) is 22.8. The van der Waals surface area contributed by atoms with Gasteiger partial charge in [0.25, 0.3) is 0 Å². The second-order valence-electron chi connectivity index (χ2n) is 8.70. The average Bonchev–Trinajstić information content (AvgIpc) is 3.22. The number of imidazole rings is 1. The Morgan fingerprint density at radius 1 is 0.971 bits per heavy atom. The fraction of sp³-hybridized carbons (Fsp3) is 0.259. The number of carboxylic acids is 1. The summed E-state index contributed by atoms with van der Waals surface area (Å²) in [6.45, 7) is 0.359. The minimum absolute atomic E-state index is 0.247. The van der Waals surface area contributed by atoms with Crippen molar-refractivity contribution in [2.75, 3.05) is 0 Å². The lowest BCUT2D eigenvalue weighted by molar-refractivity contribution is 0.0697. The van der Waals surface area contributed by atoms with Crippen LogP contribution in [-0.2, 0) is 6.61 Å². The quantitative estimate of drug-likeness (QED) is 0.297. The third kappa shape index (κ3) is 4.77. The number of carboxylic acid groups (broad SMARTS) is 1. The summed E-state index contributed by atoms with van der Waals surface area (Å²) >= 11 is 12.2. The molecule has 1 heterocycles. The Bertz CT molecular complexity index is 1320.